The normalized spacial score (nSPS) is 26.8. The molecule has 3 rings (SSSR count). The van der Waals surface area contributed by atoms with Crippen LogP contribution in [0.4, 0.5) is 5.82 Å². The zero-order valence-electron chi connectivity index (χ0n) is 20.8. The van der Waals surface area contributed by atoms with Gasteiger partial charge in [-0.2, -0.15) is 4.98 Å². The first-order valence-electron chi connectivity index (χ1n) is 11.9. The zero-order valence-corrected chi connectivity index (χ0v) is 21.7. The Kier molecular flexibility index (Phi) is 9.04. The topological polar surface area (TPSA) is 208 Å². The Hall–Kier alpha value is -2.19. The van der Waals surface area contributed by atoms with Crippen molar-refractivity contribution in [1.29, 1.82) is 0 Å². The highest BCUT2D eigenvalue weighted by Gasteiger charge is 2.54. The molecule has 1 unspecified atom stereocenters. The van der Waals surface area contributed by atoms with E-state index in [1.807, 2.05) is 0 Å². The molecular weight excluding hydrogens is 495 g/mol. The van der Waals surface area contributed by atoms with E-state index in [1.54, 1.807) is 6.92 Å². The van der Waals surface area contributed by atoms with Gasteiger partial charge in [0.05, 0.1) is 12.6 Å². The third-order valence-electron chi connectivity index (χ3n) is 6.08. The van der Waals surface area contributed by atoms with Crippen molar-refractivity contribution in [2.75, 3.05) is 12.3 Å². The summed E-state index contributed by atoms with van der Waals surface area (Å²) in [7, 11) is -4.43. The van der Waals surface area contributed by atoms with Crippen molar-refractivity contribution in [2.45, 2.75) is 89.4 Å². The van der Waals surface area contributed by atoms with Gasteiger partial charge in [-0.05, 0) is 32.8 Å². The van der Waals surface area contributed by atoms with E-state index in [9.17, 15) is 24.5 Å². The molecule has 6 N–H and O–H groups in total. The van der Waals surface area contributed by atoms with Gasteiger partial charge in [0, 0.05) is 12.1 Å². The van der Waals surface area contributed by atoms with Crippen LogP contribution in [0.15, 0.2) is 21.5 Å². The summed E-state index contributed by atoms with van der Waals surface area (Å²) < 4.78 is 30.1. The number of aromatic nitrogens is 4. The van der Waals surface area contributed by atoms with Crippen LogP contribution in [-0.2, 0) is 13.8 Å². The summed E-state index contributed by atoms with van der Waals surface area (Å²) in [5.74, 6) is 0.723. The number of aliphatic hydroxyl groups excluding tert-OH is 1. The number of hydrogen-bond acceptors (Lipinski definition) is 11. The molecule has 1 aliphatic rings. The van der Waals surface area contributed by atoms with Crippen LogP contribution in [0.3, 0.4) is 0 Å². The Morgan fingerprint density at radius 3 is 2.56 bits per heavy atom. The molecule has 1 saturated heterocycles. The van der Waals surface area contributed by atoms with Crippen LogP contribution in [0.5, 0.6) is 0 Å². The summed E-state index contributed by atoms with van der Waals surface area (Å²) in [6.07, 6.45) is 0.873. The van der Waals surface area contributed by atoms with Crippen LogP contribution >= 0.6 is 7.75 Å². The van der Waals surface area contributed by atoms with E-state index < -0.39 is 50.1 Å². The minimum Gasteiger partial charge on any atom is -0.423 e. The molecule has 14 nitrogen and oxygen atoms in total. The molecule has 1 fully saturated rings. The molecule has 1 aliphatic heterocycles. The fourth-order valence-electron chi connectivity index (χ4n) is 4.17. The Balaban J connectivity index is 1.63. The summed E-state index contributed by atoms with van der Waals surface area (Å²) in [6.45, 7) is 6.41. The summed E-state index contributed by atoms with van der Waals surface area (Å²) in [5.41, 5.74) is 2.77. The smallest absolute Gasteiger partial charge is 0.403 e. The Morgan fingerprint density at radius 2 is 1.94 bits per heavy atom. The molecule has 15 heteroatoms. The van der Waals surface area contributed by atoms with E-state index in [1.165, 1.54) is 19.2 Å². The maximum atomic E-state index is 12.7. The van der Waals surface area contributed by atoms with Crippen molar-refractivity contribution in [1.82, 2.24) is 24.8 Å². The van der Waals surface area contributed by atoms with Gasteiger partial charge < -0.3 is 30.0 Å². The van der Waals surface area contributed by atoms with Gasteiger partial charge in [-0.3, -0.25) is 9.09 Å². The van der Waals surface area contributed by atoms with Gasteiger partial charge in [0.1, 0.15) is 23.6 Å². The third kappa shape index (κ3) is 6.38. The van der Waals surface area contributed by atoms with E-state index in [4.69, 9.17) is 19.4 Å². The molecule has 0 saturated carbocycles. The van der Waals surface area contributed by atoms with Gasteiger partial charge in [-0.1, -0.05) is 26.7 Å². The lowest BCUT2D eigenvalue weighted by Crippen LogP contribution is -2.46. The first kappa shape index (κ1) is 28.4. The average molecular weight is 531 g/mol. The highest BCUT2D eigenvalue weighted by Crippen LogP contribution is 2.43. The quantitative estimate of drug-likeness (QED) is 0.246. The summed E-state index contributed by atoms with van der Waals surface area (Å²) in [5, 5.41) is 31.8. The molecule has 3 heterocycles. The standard InChI is InChI=1S/C21H35N6O8P/c1-5-7-13(8-6-2)18-25-24-17(35-18)12(3)26-36(31,32)33-11-14-16(28)21(4,30)19(34-14)27-10-9-15(22)23-20(27)29/h9-10,12-14,16,19,28,30H,5-8,11H2,1-4H3,(H2,22,23,29)(H2,26,31,32)/t12-,14+,16+,19+,21+/m0/s1. The van der Waals surface area contributed by atoms with Crippen molar-refractivity contribution in [3.8, 4) is 0 Å². The third-order valence-corrected chi connectivity index (χ3v) is 7.29. The molecule has 6 atom stereocenters. The van der Waals surface area contributed by atoms with Crippen molar-refractivity contribution >= 4 is 13.6 Å². The van der Waals surface area contributed by atoms with E-state index in [0.717, 1.165) is 30.3 Å². The molecular formula is C21H35N6O8P. The Bertz CT molecular complexity index is 1120. The number of ether oxygens (including phenoxy) is 1. The number of rotatable bonds is 12. The van der Waals surface area contributed by atoms with Gasteiger partial charge in [0.25, 0.3) is 0 Å². The van der Waals surface area contributed by atoms with Crippen molar-refractivity contribution in [2.24, 2.45) is 0 Å². The Labute approximate surface area is 208 Å². The van der Waals surface area contributed by atoms with Gasteiger partial charge in [-0.25, -0.2) is 14.4 Å². The molecule has 36 heavy (non-hydrogen) atoms. The zero-order chi connectivity index (χ0) is 26.7. The van der Waals surface area contributed by atoms with Crippen molar-refractivity contribution in [3.05, 3.63) is 34.5 Å². The predicted octanol–water partition coefficient (Wildman–Crippen LogP) is 1.37. The van der Waals surface area contributed by atoms with E-state index in [0.29, 0.717) is 5.89 Å². The number of nitrogens with one attached hydrogen (secondary N) is 1. The molecule has 0 amide bonds. The highest BCUT2D eigenvalue weighted by molar-refractivity contribution is 7.50. The molecule has 2 aromatic heterocycles. The molecule has 0 radical (unpaired) electrons. The average Bonchev–Trinajstić information content (AvgIpc) is 3.37. The number of anilines is 1. The van der Waals surface area contributed by atoms with Crippen LogP contribution in [0.2, 0.25) is 0 Å². The predicted molar refractivity (Wildman–Crippen MR) is 128 cm³/mol. The first-order chi connectivity index (χ1) is 16.9. The maximum absolute atomic E-state index is 12.7. The summed E-state index contributed by atoms with van der Waals surface area (Å²) in [4.78, 5) is 26.1. The highest BCUT2D eigenvalue weighted by atomic mass is 31.2. The van der Waals surface area contributed by atoms with Gasteiger partial charge >= 0.3 is 13.4 Å². The van der Waals surface area contributed by atoms with Gasteiger partial charge in [0.2, 0.25) is 11.8 Å². The SMILES string of the molecule is CCCC(CCC)c1nnc([C@H](C)NP(=O)(O)OC[C@H]2O[C@@H](n3ccc(N)nc3=O)[C@](C)(O)[C@@H]2O)o1. The van der Waals surface area contributed by atoms with E-state index >= 15 is 0 Å². The Morgan fingerprint density at radius 1 is 1.31 bits per heavy atom. The van der Waals surface area contributed by atoms with Gasteiger partial charge in [0.15, 0.2) is 6.23 Å². The lowest BCUT2D eigenvalue weighted by molar-refractivity contribution is -0.0984. The summed E-state index contributed by atoms with van der Waals surface area (Å²) >= 11 is 0. The minimum atomic E-state index is -4.43. The molecule has 0 spiro atoms. The number of nitrogen functional groups attached to an aromatic ring is 1. The van der Waals surface area contributed by atoms with Crippen LogP contribution in [0.1, 0.15) is 83.3 Å². The van der Waals surface area contributed by atoms with Crippen LogP contribution in [0.25, 0.3) is 0 Å². The second-order valence-electron chi connectivity index (χ2n) is 9.16. The fourth-order valence-corrected chi connectivity index (χ4v) is 5.19. The second-order valence-corrected chi connectivity index (χ2v) is 10.7. The fraction of sp³-hybridized carbons (Fsp3) is 0.714. The number of nitrogens with two attached hydrogens (primary N) is 1. The van der Waals surface area contributed by atoms with Crippen LogP contribution in [0, 0.1) is 0 Å². The summed E-state index contributed by atoms with van der Waals surface area (Å²) in [6, 6.07) is 0.524. The molecule has 0 aromatic carbocycles. The minimum absolute atomic E-state index is 0.0182. The maximum Gasteiger partial charge on any atom is 0.403 e. The first-order valence-corrected chi connectivity index (χ1v) is 13.5. The van der Waals surface area contributed by atoms with Crippen LogP contribution in [-0.4, -0.2) is 59.3 Å². The molecule has 2 aromatic rings. The molecule has 0 aliphatic carbocycles. The molecule has 0 bridgehead atoms. The number of aliphatic hydroxyl groups is 2. The lowest BCUT2D eigenvalue weighted by Gasteiger charge is -2.27. The van der Waals surface area contributed by atoms with E-state index in [-0.39, 0.29) is 17.6 Å². The van der Waals surface area contributed by atoms with Crippen molar-refractivity contribution in [3.63, 3.8) is 0 Å². The van der Waals surface area contributed by atoms with Gasteiger partial charge in [-0.15, -0.1) is 10.2 Å². The second kappa shape index (κ2) is 11.5. The van der Waals surface area contributed by atoms with Crippen molar-refractivity contribution < 1.29 is 33.3 Å². The van der Waals surface area contributed by atoms with Crippen LogP contribution < -0.4 is 16.5 Å². The number of nitrogens with zero attached hydrogens (tertiary/aromatic N) is 4. The largest absolute Gasteiger partial charge is 0.423 e. The lowest BCUT2D eigenvalue weighted by atomic mass is 9.96. The van der Waals surface area contributed by atoms with E-state index in [2.05, 4.69) is 34.1 Å². The molecule has 202 valence electrons. The monoisotopic (exact) mass is 530 g/mol. The number of hydrogen-bond donors (Lipinski definition) is 5.